The van der Waals surface area contributed by atoms with Crippen LogP contribution in [-0.4, -0.2) is 20.5 Å². The molecule has 2 rings (SSSR count). The van der Waals surface area contributed by atoms with Crippen molar-refractivity contribution in [1.29, 1.82) is 0 Å². The van der Waals surface area contributed by atoms with E-state index in [0.717, 1.165) is 5.56 Å². The number of nitro groups is 1. The predicted octanol–water partition coefficient (Wildman–Crippen LogP) is 3.84. The molecule has 0 aliphatic rings. The molecule has 134 valence electrons. The van der Waals surface area contributed by atoms with Gasteiger partial charge in [0, 0.05) is 12.1 Å². The van der Waals surface area contributed by atoms with Gasteiger partial charge in [-0.25, -0.2) is 8.42 Å². The predicted molar refractivity (Wildman–Crippen MR) is 95.7 cm³/mol. The zero-order valence-electron chi connectivity index (χ0n) is 14.4. The van der Waals surface area contributed by atoms with Gasteiger partial charge in [0.05, 0.1) is 22.6 Å². The summed E-state index contributed by atoms with van der Waals surface area (Å²) >= 11 is 0. The average Bonchev–Trinajstić information content (AvgIpc) is 2.55. The van der Waals surface area contributed by atoms with E-state index in [2.05, 4.69) is 4.72 Å². The fourth-order valence-electron chi connectivity index (χ4n) is 2.37. The molecule has 0 aliphatic heterocycles. The highest BCUT2D eigenvalue weighted by Gasteiger charge is 2.20. The van der Waals surface area contributed by atoms with Crippen LogP contribution in [0.4, 0.5) is 11.4 Å². The number of nitro benzene ring substituents is 1. The maximum atomic E-state index is 12.7. The number of anilines is 1. The zero-order valence-corrected chi connectivity index (χ0v) is 15.3. The van der Waals surface area contributed by atoms with Crippen molar-refractivity contribution in [2.45, 2.75) is 31.6 Å². The molecule has 0 heterocycles. The summed E-state index contributed by atoms with van der Waals surface area (Å²) in [6.45, 7) is 5.55. The number of nitrogens with one attached hydrogen (secondary N) is 1. The lowest BCUT2D eigenvalue weighted by molar-refractivity contribution is -0.384. The van der Waals surface area contributed by atoms with Gasteiger partial charge in [-0.05, 0) is 42.2 Å². The molecule has 0 saturated carbocycles. The van der Waals surface area contributed by atoms with Gasteiger partial charge in [-0.1, -0.05) is 19.9 Å². The number of ether oxygens (including phenoxy) is 1. The highest BCUT2D eigenvalue weighted by atomic mass is 32.2. The van der Waals surface area contributed by atoms with Gasteiger partial charge in [-0.15, -0.1) is 0 Å². The van der Waals surface area contributed by atoms with Crippen LogP contribution in [0.15, 0.2) is 41.3 Å². The summed E-state index contributed by atoms with van der Waals surface area (Å²) in [5.74, 6) is 0.685. The van der Waals surface area contributed by atoms with E-state index >= 15 is 0 Å². The molecule has 2 aromatic carbocycles. The Kier molecular flexibility index (Phi) is 5.32. The molecule has 7 nitrogen and oxygen atoms in total. The molecule has 0 atom stereocenters. The zero-order chi connectivity index (χ0) is 18.8. The first kappa shape index (κ1) is 18.7. The van der Waals surface area contributed by atoms with Crippen molar-refractivity contribution in [2.24, 2.45) is 0 Å². The number of non-ortho nitro benzene ring substituents is 1. The van der Waals surface area contributed by atoms with Crippen molar-refractivity contribution in [3.63, 3.8) is 0 Å². The van der Waals surface area contributed by atoms with E-state index in [1.54, 1.807) is 19.1 Å². The first-order chi connectivity index (χ1) is 11.7. The van der Waals surface area contributed by atoms with Crippen LogP contribution in [-0.2, 0) is 10.0 Å². The minimum atomic E-state index is -3.89. The summed E-state index contributed by atoms with van der Waals surface area (Å²) in [7, 11) is -2.36. The van der Waals surface area contributed by atoms with E-state index in [9.17, 15) is 18.5 Å². The summed E-state index contributed by atoms with van der Waals surface area (Å²) in [6, 6.07) is 8.64. The molecule has 0 radical (unpaired) electrons. The monoisotopic (exact) mass is 364 g/mol. The van der Waals surface area contributed by atoms with Crippen molar-refractivity contribution >= 4 is 21.4 Å². The standard InChI is InChI=1S/C17H20N2O5S/c1-11(2)15-10-14(7-8-17(15)24-4)25(22,23)18-16-9-13(19(20)21)6-5-12(16)3/h5-11,18H,1-4H3. The second-order valence-corrected chi connectivity index (χ2v) is 7.60. The van der Waals surface area contributed by atoms with Crippen LogP contribution in [0, 0.1) is 17.0 Å². The van der Waals surface area contributed by atoms with Gasteiger partial charge in [0.1, 0.15) is 5.75 Å². The van der Waals surface area contributed by atoms with E-state index in [1.165, 1.54) is 31.4 Å². The Morgan fingerprint density at radius 3 is 2.40 bits per heavy atom. The maximum absolute atomic E-state index is 12.7. The van der Waals surface area contributed by atoms with Crippen LogP contribution >= 0.6 is 0 Å². The number of methoxy groups -OCH3 is 1. The SMILES string of the molecule is COc1ccc(S(=O)(=O)Nc2cc([N+](=O)[O-])ccc2C)cc1C(C)C. The lowest BCUT2D eigenvalue weighted by Gasteiger charge is -2.15. The molecular formula is C17H20N2O5S. The number of hydrogen-bond acceptors (Lipinski definition) is 5. The summed E-state index contributed by atoms with van der Waals surface area (Å²) in [5, 5.41) is 10.9. The summed E-state index contributed by atoms with van der Waals surface area (Å²) in [6.07, 6.45) is 0. The van der Waals surface area contributed by atoms with Gasteiger partial charge in [0.2, 0.25) is 0 Å². The van der Waals surface area contributed by atoms with Gasteiger partial charge in [0.25, 0.3) is 15.7 Å². The molecule has 1 N–H and O–H groups in total. The number of benzene rings is 2. The van der Waals surface area contributed by atoms with Gasteiger partial charge in [-0.2, -0.15) is 0 Å². The maximum Gasteiger partial charge on any atom is 0.271 e. The third-order valence-corrected chi connectivity index (χ3v) is 5.17. The van der Waals surface area contributed by atoms with Crippen LogP contribution in [0.1, 0.15) is 30.9 Å². The Morgan fingerprint density at radius 1 is 1.16 bits per heavy atom. The number of nitrogens with zero attached hydrogens (tertiary/aromatic N) is 1. The summed E-state index contributed by atoms with van der Waals surface area (Å²) in [4.78, 5) is 10.4. The highest BCUT2D eigenvalue weighted by Crippen LogP contribution is 2.30. The topological polar surface area (TPSA) is 98.5 Å². The van der Waals surface area contributed by atoms with Crippen LogP contribution in [0.3, 0.4) is 0 Å². The Balaban J connectivity index is 2.45. The van der Waals surface area contributed by atoms with Crippen molar-refractivity contribution in [3.05, 3.63) is 57.6 Å². The Morgan fingerprint density at radius 2 is 1.84 bits per heavy atom. The van der Waals surface area contributed by atoms with Crippen molar-refractivity contribution < 1.29 is 18.1 Å². The van der Waals surface area contributed by atoms with Crippen LogP contribution in [0.25, 0.3) is 0 Å². The molecular weight excluding hydrogens is 344 g/mol. The van der Waals surface area contributed by atoms with Gasteiger partial charge in [0.15, 0.2) is 0 Å². The van der Waals surface area contributed by atoms with Crippen LogP contribution < -0.4 is 9.46 Å². The Bertz CT molecular complexity index is 907. The number of sulfonamides is 1. The molecule has 0 amide bonds. The lowest BCUT2D eigenvalue weighted by Crippen LogP contribution is -2.14. The third-order valence-electron chi connectivity index (χ3n) is 3.81. The molecule has 2 aromatic rings. The first-order valence-corrected chi connectivity index (χ1v) is 9.10. The highest BCUT2D eigenvalue weighted by molar-refractivity contribution is 7.92. The normalized spacial score (nSPS) is 11.4. The van der Waals surface area contributed by atoms with E-state index < -0.39 is 14.9 Å². The minimum Gasteiger partial charge on any atom is -0.496 e. The van der Waals surface area contributed by atoms with E-state index in [-0.39, 0.29) is 22.2 Å². The molecule has 0 saturated heterocycles. The van der Waals surface area contributed by atoms with Gasteiger partial charge in [-0.3, -0.25) is 14.8 Å². The van der Waals surface area contributed by atoms with Crippen molar-refractivity contribution in [3.8, 4) is 5.75 Å². The smallest absolute Gasteiger partial charge is 0.271 e. The summed E-state index contributed by atoms with van der Waals surface area (Å²) < 4.78 is 33.1. The van der Waals surface area contributed by atoms with Crippen LogP contribution in [0.5, 0.6) is 5.75 Å². The molecule has 0 fully saturated rings. The number of hydrogen-bond donors (Lipinski definition) is 1. The summed E-state index contributed by atoms with van der Waals surface area (Å²) in [5.41, 5.74) is 1.35. The minimum absolute atomic E-state index is 0.0721. The molecule has 0 aromatic heterocycles. The second kappa shape index (κ2) is 7.10. The van der Waals surface area contributed by atoms with E-state index in [1.807, 2.05) is 13.8 Å². The van der Waals surface area contributed by atoms with Crippen LogP contribution in [0.2, 0.25) is 0 Å². The molecule has 8 heteroatoms. The number of aryl methyl sites for hydroxylation is 1. The van der Waals surface area contributed by atoms with Gasteiger partial charge >= 0.3 is 0 Å². The fraction of sp³-hybridized carbons (Fsp3) is 0.294. The quantitative estimate of drug-likeness (QED) is 0.620. The Hall–Kier alpha value is -2.61. The lowest BCUT2D eigenvalue weighted by atomic mass is 10.0. The van der Waals surface area contributed by atoms with Gasteiger partial charge < -0.3 is 4.74 Å². The number of rotatable bonds is 6. The molecule has 0 spiro atoms. The fourth-order valence-corrected chi connectivity index (χ4v) is 3.52. The first-order valence-electron chi connectivity index (χ1n) is 7.61. The molecule has 0 bridgehead atoms. The van der Waals surface area contributed by atoms with Crippen molar-refractivity contribution in [1.82, 2.24) is 0 Å². The van der Waals surface area contributed by atoms with Crippen molar-refractivity contribution in [2.75, 3.05) is 11.8 Å². The largest absolute Gasteiger partial charge is 0.496 e. The molecule has 0 unspecified atom stereocenters. The van der Waals surface area contributed by atoms with E-state index in [0.29, 0.717) is 11.3 Å². The Labute approximate surface area is 146 Å². The third kappa shape index (κ3) is 4.08. The molecule has 0 aliphatic carbocycles. The second-order valence-electron chi connectivity index (χ2n) is 5.92. The average molecular weight is 364 g/mol. The molecule has 25 heavy (non-hydrogen) atoms. The van der Waals surface area contributed by atoms with E-state index in [4.69, 9.17) is 4.74 Å².